The topological polar surface area (TPSA) is 113 Å². The number of aryl methyl sites for hydroxylation is 1. The molecule has 29 heavy (non-hydrogen) atoms. The molecule has 3 heterocycles. The van der Waals surface area contributed by atoms with Crippen molar-refractivity contribution in [3.8, 4) is 11.3 Å². The summed E-state index contributed by atoms with van der Waals surface area (Å²) in [5.74, 6) is 0.661. The number of nitrogens with zero attached hydrogens (tertiary/aromatic N) is 5. The van der Waals surface area contributed by atoms with Crippen LogP contribution in [0.4, 0.5) is 5.95 Å². The largest absolute Gasteiger partial charge is 0.389 e. The number of hydrogen-bond acceptors (Lipinski definition) is 7. The Balaban J connectivity index is 1.69. The highest BCUT2D eigenvalue weighted by atomic mass is 32.2. The van der Waals surface area contributed by atoms with Gasteiger partial charge in [-0.25, -0.2) is 22.7 Å². The minimum Gasteiger partial charge on any atom is -0.389 e. The molecule has 0 bridgehead atoms. The molecule has 1 aliphatic heterocycles. The van der Waals surface area contributed by atoms with Crippen molar-refractivity contribution in [1.82, 2.24) is 24.1 Å². The van der Waals surface area contributed by atoms with Gasteiger partial charge in [0.2, 0.25) is 16.0 Å². The van der Waals surface area contributed by atoms with Crippen LogP contribution >= 0.6 is 0 Å². The molecule has 0 aliphatic carbocycles. The Morgan fingerprint density at radius 3 is 2.59 bits per heavy atom. The Hall–Kier alpha value is -2.04. The zero-order chi connectivity index (χ0) is 21.2. The van der Waals surface area contributed by atoms with Crippen molar-refractivity contribution in [3.63, 3.8) is 0 Å². The normalized spacial score (nSPS) is 16.9. The molecule has 1 aliphatic rings. The third-order valence-corrected chi connectivity index (χ3v) is 6.85. The van der Waals surface area contributed by atoms with Crippen LogP contribution in [0.2, 0.25) is 0 Å². The maximum absolute atomic E-state index is 12.0. The molecule has 3 rings (SSSR count). The summed E-state index contributed by atoms with van der Waals surface area (Å²) in [4.78, 5) is 9.05. The zero-order valence-electron chi connectivity index (χ0n) is 17.5. The molecule has 0 spiro atoms. The van der Waals surface area contributed by atoms with Gasteiger partial charge in [-0.15, -0.1) is 0 Å². The van der Waals surface area contributed by atoms with Crippen molar-refractivity contribution in [2.24, 2.45) is 0 Å². The van der Waals surface area contributed by atoms with E-state index < -0.39 is 15.6 Å². The molecule has 160 valence electrons. The standard InChI is InChI=1S/C19H30N6O3S/c1-5-29(27,28)25-8-6-16(7-9-25)22-18-20-10-14(2)17(23-18)15-11-21-24(12-15)13-19(3,4)26/h10-12,16,26H,5-9,13H2,1-4H3,(H,20,22,23). The van der Waals surface area contributed by atoms with Crippen molar-refractivity contribution >= 4 is 16.0 Å². The van der Waals surface area contributed by atoms with Crippen LogP contribution < -0.4 is 5.32 Å². The van der Waals surface area contributed by atoms with Gasteiger partial charge in [0.15, 0.2) is 0 Å². The van der Waals surface area contributed by atoms with Gasteiger partial charge in [-0.3, -0.25) is 4.68 Å². The van der Waals surface area contributed by atoms with E-state index in [1.165, 1.54) is 0 Å². The minimum atomic E-state index is -3.13. The second kappa shape index (κ2) is 8.37. The molecule has 2 aromatic rings. The summed E-state index contributed by atoms with van der Waals surface area (Å²) in [5, 5.41) is 17.6. The van der Waals surface area contributed by atoms with E-state index >= 15 is 0 Å². The van der Waals surface area contributed by atoms with Gasteiger partial charge >= 0.3 is 0 Å². The molecule has 1 fully saturated rings. The van der Waals surface area contributed by atoms with Crippen LogP contribution in [-0.2, 0) is 16.6 Å². The fourth-order valence-corrected chi connectivity index (χ4v) is 4.55. The minimum absolute atomic E-state index is 0.131. The summed E-state index contributed by atoms with van der Waals surface area (Å²) in [6, 6.07) is 0.131. The van der Waals surface area contributed by atoms with Crippen molar-refractivity contribution in [3.05, 3.63) is 24.2 Å². The van der Waals surface area contributed by atoms with E-state index in [2.05, 4.69) is 20.4 Å². The Morgan fingerprint density at radius 1 is 1.28 bits per heavy atom. The first-order valence-electron chi connectivity index (χ1n) is 9.90. The molecule has 2 N–H and O–H groups in total. The van der Waals surface area contributed by atoms with E-state index in [4.69, 9.17) is 0 Å². The van der Waals surface area contributed by atoms with E-state index in [9.17, 15) is 13.5 Å². The number of sulfonamides is 1. The van der Waals surface area contributed by atoms with Crippen LogP contribution in [0.25, 0.3) is 11.3 Å². The van der Waals surface area contributed by atoms with Crippen LogP contribution in [0.15, 0.2) is 18.6 Å². The smallest absolute Gasteiger partial charge is 0.223 e. The van der Waals surface area contributed by atoms with Crippen molar-refractivity contribution in [2.45, 2.75) is 58.7 Å². The van der Waals surface area contributed by atoms with Crippen molar-refractivity contribution in [1.29, 1.82) is 0 Å². The second-order valence-corrected chi connectivity index (χ2v) is 10.4. The van der Waals surface area contributed by atoms with Crippen LogP contribution in [0, 0.1) is 6.92 Å². The monoisotopic (exact) mass is 422 g/mol. The highest BCUT2D eigenvalue weighted by molar-refractivity contribution is 7.89. The van der Waals surface area contributed by atoms with Gasteiger partial charge < -0.3 is 10.4 Å². The molecule has 9 nitrogen and oxygen atoms in total. The molecule has 2 aromatic heterocycles. The van der Waals surface area contributed by atoms with Gasteiger partial charge in [0.25, 0.3) is 0 Å². The summed E-state index contributed by atoms with van der Waals surface area (Å²) in [6.07, 6.45) is 6.81. The SMILES string of the molecule is CCS(=O)(=O)N1CCC(Nc2ncc(C)c(-c3cnn(CC(C)(C)O)c3)n2)CC1. The molecule has 0 unspecified atom stereocenters. The molecule has 10 heteroatoms. The van der Waals surface area contributed by atoms with Gasteiger partial charge in [-0.05, 0) is 46.1 Å². The number of nitrogens with one attached hydrogen (secondary N) is 1. The van der Waals surface area contributed by atoms with Gasteiger partial charge in [0, 0.05) is 37.1 Å². The van der Waals surface area contributed by atoms with Gasteiger partial charge in [0.1, 0.15) is 0 Å². The van der Waals surface area contributed by atoms with E-state index in [-0.39, 0.29) is 11.8 Å². The van der Waals surface area contributed by atoms with E-state index in [1.807, 2.05) is 13.1 Å². The first-order chi connectivity index (χ1) is 13.6. The molecular weight excluding hydrogens is 392 g/mol. The number of aromatic nitrogens is 4. The molecule has 0 radical (unpaired) electrons. The first kappa shape index (κ1) is 21.7. The summed E-state index contributed by atoms with van der Waals surface area (Å²) in [7, 11) is -3.13. The third kappa shape index (κ3) is 5.52. The average Bonchev–Trinajstić information content (AvgIpc) is 3.10. The molecule has 0 aromatic carbocycles. The maximum Gasteiger partial charge on any atom is 0.223 e. The summed E-state index contributed by atoms with van der Waals surface area (Å²) in [6.45, 7) is 8.51. The quantitative estimate of drug-likeness (QED) is 0.697. The van der Waals surface area contributed by atoms with Crippen LogP contribution in [0.1, 0.15) is 39.2 Å². The fraction of sp³-hybridized carbons (Fsp3) is 0.632. The van der Waals surface area contributed by atoms with Gasteiger partial charge in [0.05, 0.1) is 29.8 Å². The molecule has 0 amide bonds. The van der Waals surface area contributed by atoms with Crippen LogP contribution in [-0.4, -0.2) is 68.1 Å². The summed E-state index contributed by atoms with van der Waals surface area (Å²) < 4.78 is 27.3. The Labute approximate surface area is 172 Å². The van der Waals surface area contributed by atoms with E-state index in [0.29, 0.717) is 25.6 Å². The van der Waals surface area contributed by atoms with E-state index in [0.717, 1.165) is 29.7 Å². The lowest BCUT2D eigenvalue weighted by molar-refractivity contribution is 0.0577. The highest BCUT2D eigenvalue weighted by Gasteiger charge is 2.27. The molecular formula is C19H30N6O3S. The number of aliphatic hydroxyl groups is 1. The maximum atomic E-state index is 12.0. The third-order valence-electron chi connectivity index (χ3n) is 4.97. The predicted octanol–water partition coefficient (Wildman–Crippen LogP) is 1.65. The number of rotatable bonds is 7. The lowest BCUT2D eigenvalue weighted by atomic mass is 10.1. The molecule has 0 atom stereocenters. The lowest BCUT2D eigenvalue weighted by Crippen LogP contribution is -2.43. The van der Waals surface area contributed by atoms with Crippen LogP contribution in [0.3, 0.4) is 0 Å². The van der Waals surface area contributed by atoms with Crippen molar-refractivity contribution in [2.75, 3.05) is 24.2 Å². The molecule has 0 saturated carbocycles. The fourth-order valence-electron chi connectivity index (χ4n) is 3.42. The molecule has 1 saturated heterocycles. The number of anilines is 1. The van der Waals surface area contributed by atoms with Crippen LogP contribution in [0.5, 0.6) is 0 Å². The Morgan fingerprint density at radius 2 is 1.97 bits per heavy atom. The lowest BCUT2D eigenvalue weighted by Gasteiger charge is -2.31. The second-order valence-electron chi connectivity index (χ2n) is 8.18. The predicted molar refractivity (Wildman–Crippen MR) is 112 cm³/mol. The zero-order valence-corrected chi connectivity index (χ0v) is 18.3. The first-order valence-corrected chi connectivity index (χ1v) is 11.5. The van der Waals surface area contributed by atoms with E-state index in [1.54, 1.807) is 42.2 Å². The summed E-state index contributed by atoms with van der Waals surface area (Å²) >= 11 is 0. The van der Waals surface area contributed by atoms with Crippen molar-refractivity contribution < 1.29 is 13.5 Å². The Bertz CT molecular complexity index is 943. The number of hydrogen-bond donors (Lipinski definition) is 2. The van der Waals surface area contributed by atoms with Gasteiger partial charge in [-0.1, -0.05) is 0 Å². The Kier molecular flexibility index (Phi) is 6.25. The number of piperidine rings is 1. The summed E-state index contributed by atoms with van der Waals surface area (Å²) in [5.41, 5.74) is 1.73. The average molecular weight is 423 g/mol. The highest BCUT2D eigenvalue weighted by Crippen LogP contribution is 2.23. The van der Waals surface area contributed by atoms with Gasteiger partial charge in [-0.2, -0.15) is 5.10 Å².